The zero-order valence-electron chi connectivity index (χ0n) is 12.3. The molecule has 0 N–H and O–H groups in total. The fourth-order valence-corrected chi connectivity index (χ4v) is 2.13. The molecule has 1 fully saturated rings. The summed E-state index contributed by atoms with van der Waals surface area (Å²) in [5.41, 5.74) is -0.998. The van der Waals surface area contributed by atoms with Gasteiger partial charge in [0.15, 0.2) is 5.78 Å². The quantitative estimate of drug-likeness (QED) is 0.626. The summed E-state index contributed by atoms with van der Waals surface area (Å²) in [7, 11) is 0. The summed E-state index contributed by atoms with van der Waals surface area (Å²) >= 11 is 0. The Hall–Kier alpha value is -2.17. The third kappa shape index (κ3) is 2.68. The van der Waals surface area contributed by atoms with Crippen molar-refractivity contribution in [3.8, 4) is 0 Å². The van der Waals surface area contributed by atoms with Crippen molar-refractivity contribution >= 4 is 17.7 Å². The molecule has 0 amide bonds. The maximum atomic E-state index is 12.2. The maximum absolute atomic E-state index is 12.2. The third-order valence-corrected chi connectivity index (χ3v) is 3.81. The number of Topliss-reactive ketones (excluding diaryl/α,β-unsaturated/α-hetero) is 1. The first-order chi connectivity index (χ1) is 9.90. The van der Waals surface area contributed by atoms with Gasteiger partial charge in [0, 0.05) is 11.5 Å². The van der Waals surface area contributed by atoms with Crippen LogP contribution in [0.2, 0.25) is 0 Å². The van der Waals surface area contributed by atoms with Crippen LogP contribution in [-0.2, 0) is 29.5 Å². The molecule has 1 aliphatic rings. The normalized spacial score (nSPS) is 26.7. The number of hydrogen-bond acceptors (Lipinski definition) is 5. The van der Waals surface area contributed by atoms with Gasteiger partial charge < -0.3 is 9.47 Å². The van der Waals surface area contributed by atoms with Crippen molar-refractivity contribution in [3.63, 3.8) is 0 Å². The van der Waals surface area contributed by atoms with E-state index in [1.54, 1.807) is 37.3 Å². The van der Waals surface area contributed by atoms with E-state index in [4.69, 9.17) is 9.47 Å². The minimum absolute atomic E-state index is 0.364. The van der Waals surface area contributed by atoms with Crippen LogP contribution in [-0.4, -0.2) is 23.8 Å². The lowest BCUT2D eigenvalue weighted by Crippen LogP contribution is -2.53. The van der Waals surface area contributed by atoms with E-state index in [0.717, 1.165) is 0 Å². The summed E-state index contributed by atoms with van der Waals surface area (Å²) in [5.74, 6) is -2.33. The fraction of sp³-hybridized carbons (Fsp3) is 0.438. The molecule has 0 aromatic heterocycles. The Kier molecular flexibility index (Phi) is 4.11. The van der Waals surface area contributed by atoms with Crippen LogP contribution in [0.1, 0.15) is 32.8 Å². The van der Waals surface area contributed by atoms with Crippen molar-refractivity contribution in [2.45, 2.75) is 38.9 Å². The number of cyclic esters (lactones) is 2. The Labute approximate surface area is 123 Å². The molecule has 0 bridgehead atoms. The van der Waals surface area contributed by atoms with Gasteiger partial charge in [0.05, 0.1) is 0 Å². The molecule has 0 unspecified atom stereocenters. The van der Waals surface area contributed by atoms with Gasteiger partial charge >= 0.3 is 11.9 Å². The molecule has 1 saturated heterocycles. The molecule has 0 saturated carbocycles. The van der Waals surface area contributed by atoms with Gasteiger partial charge in [0.1, 0.15) is 0 Å². The molecule has 112 valence electrons. The highest BCUT2D eigenvalue weighted by Crippen LogP contribution is 2.32. The molecule has 0 radical (unpaired) electrons. The summed E-state index contributed by atoms with van der Waals surface area (Å²) in [4.78, 5) is 36.4. The molecule has 1 aromatic rings. The molecular formula is C16H18O5. The van der Waals surface area contributed by atoms with Gasteiger partial charge in [-0.25, -0.2) is 9.59 Å². The molecule has 0 spiro atoms. The predicted octanol–water partition coefficient (Wildman–Crippen LogP) is 1.99. The number of ether oxygens (including phenoxy) is 2. The molecule has 21 heavy (non-hydrogen) atoms. The summed E-state index contributed by atoms with van der Waals surface area (Å²) in [5, 5.41) is 0. The first kappa shape index (κ1) is 15.2. The number of carbonyl (C=O) groups excluding carboxylic acids is 3. The Morgan fingerprint density at radius 3 is 2.48 bits per heavy atom. The van der Waals surface area contributed by atoms with E-state index < -0.39 is 29.4 Å². The van der Waals surface area contributed by atoms with Crippen LogP contribution in [0.4, 0.5) is 0 Å². The van der Waals surface area contributed by atoms with Crippen molar-refractivity contribution in [2.24, 2.45) is 5.92 Å². The second-order valence-corrected chi connectivity index (χ2v) is 5.32. The third-order valence-electron chi connectivity index (χ3n) is 3.81. The topological polar surface area (TPSA) is 69.7 Å². The first-order valence-corrected chi connectivity index (χ1v) is 6.93. The van der Waals surface area contributed by atoms with E-state index in [2.05, 4.69) is 0 Å². The zero-order chi connectivity index (χ0) is 15.6. The number of hydrogen-bond donors (Lipinski definition) is 0. The molecule has 1 aliphatic heterocycles. The Morgan fingerprint density at radius 1 is 1.29 bits per heavy atom. The minimum atomic E-state index is -1.51. The minimum Gasteiger partial charge on any atom is -0.439 e. The van der Waals surface area contributed by atoms with Crippen LogP contribution < -0.4 is 0 Å². The van der Waals surface area contributed by atoms with Gasteiger partial charge in [0.2, 0.25) is 5.60 Å². The van der Waals surface area contributed by atoms with Gasteiger partial charge in [-0.1, -0.05) is 44.2 Å². The Bertz CT molecular complexity index is 565. The van der Waals surface area contributed by atoms with Gasteiger partial charge in [-0.2, -0.15) is 0 Å². The highest BCUT2D eigenvalue weighted by molar-refractivity contribution is 6.07. The molecular weight excluding hydrogens is 272 g/mol. The molecule has 0 aliphatic carbocycles. The SMILES string of the molecule is CC[C@H](C)C(=O)[C@H]1OC(=O)[C@](C)(c2ccccc2)OC1=O. The highest BCUT2D eigenvalue weighted by Gasteiger charge is 2.51. The average Bonchev–Trinajstić information content (AvgIpc) is 2.50. The second kappa shape index (κ2) is 5.68. The second-order valence-electron chi connectivity index (χ2n) is 5.32. The van der Waals surface area contributed by atoms with Crippen LogP contribution in [0.5, 0.6) is 0 Å². The van der Waals surface area contributed by atoms with Gasteiger partial charge in [-0.05, 0) is 13.3 Å². The van der Waals surface area contributed by atoms with Crippen LogP contribution in [0.25, 0.3) is 0 Å². The summed E-state index contributed by atoms with van der Waals surface area (Å²) in [6, 6.07) is 8.60. The summed E-state index contributed by atoms with van der Waals surface area (Å²) < 4.78 is 10.4. The van der Waals surface area contributed by atoms with Crippen molar-refractivity contribution in [1.82, 2.24) is 0 Å². The van der Waals surface area contributed by atoms with Crippen LogP contribution in [0.3, 0.4) is 0 Å². The summed E-state index contributed by atoms with van der Waals surface area (Å²) in [6.45, 7) is 4.98. The van der Waals surface area contributed by atoms with E-state index in [-0.39, 0.29) is 5.92 Å². The van der Waals surface area contributed by atoms with E-state index in [9.17, 15) is 14.4 Å². The van der Waals surface area contributed by atoms with Gasteiger partial charge in [0.25, 0.3) is 6.10 Å². The number of ketones is 1. The molecule has 1 heterocycles. The van der Waals surface area contributed by atoms with Gasteiger partial charge in [-0.15, -0.1) is 0 Å². The van der Waals surface area contributed by atoms with E-state index in [0.29, 0.717) is 12.0 Å². The first-order valence-electron chi connectivity index (χ1n) is 6.93. The van der Waals surface area contributed by atoms with Gasteiger partial charge in [-0.3, -0.25) is 4.79 Å². The number of benzene rings is 1. The number of carbonyl (C=O) groups is 3. The van der Waals surface area contributed by atoms with Crippen molar-refractivity contribution < 1.29 is 23.9 Å². The largest absolute Gasteiger partial charge is 0.439 e. The fourth-order valence-electron chi connectivity index (χ4n) is 2.13. The molecule has 3 atom stereocenters. The molecule has 2 rings (SSSR count). The predicted molar refractivity (Wildman–Crippen MR) is 74.2 cm³/mol. The molecule has 5 nitrogen and oxygen atoms in total. The van der Waals surface area contributed by atoms with E-state index in [1.807, 2.05) is 6.92 Å². The highest BCUT2D eigenvalue weighted by atomic mass is 16.7. The average molecular weight is 290 g/mol. The van der Waals surface area contributed by atoms with Crippen molar-refractivity contribution in [1.29, 1.82) is 0 Å². The maximum Gasteiger partial charge on any atom is 0.356 e. The lowest BCUT2D eigenvalue weighted by Gasteiger charge is -2.35. The standard InChI is InChI=1S/C16H18O5/c1-4-10(2)12(17)13-14(18)21-16(3,15(19)20-13)11-8-6-5-7-9-11/h5-10,13H,4H2,1-3H3/t10-,13+,16-/m0/s1. The number of rotatable bonds is 4. The molecule has 1 aromatic carbocycles. The monoisotopic (exact) mass is 290 g/mol. The van der Waals surface area contributed by atoms with Crippen molar-refractivity contribution in [3.05, 3.63) is 35.9 Å². The smallest absolute Gasteiger partial charge is 0.356 e. The lowest BCUT2D eigenvalue weighted by atomic mass is 9.93. The van der Waals surface area contributed by atoms with Crippen LogP contribution in [0, 0.1) is 5.92 Å². The van der Waals surface area contributed by atoms with Crippen molar-refractivity contribution in [2.75, 3.05) is 0 Å². The summed E-state index contributed by atoms with van der Waals surface area (Å²) in [6.07, 6.45) is -0.889. The lowest BCUT2D eigenvalue weighted by molar-refractivity contribution is -0.210. The Balaban J connectivity index is 2.26. The van der Waals surface area contributed by atoms with E-state index in [1.165, 1.54) is 6.92 Å². The zero-order valence-corrected chi connectivity index (χ0v) is 12.3. The van der Waals surface area contributed by atoms with E-state index >= 15 is 0 Å². The Morgan fingerprint density at radius 2 is 1.90 bits per heavy atom. The van der Waals surface area contributed by atoms with Crippen LogP contribution in [0.15, 0.2) is 30.3 Å². The van der Waals surface area contributed by atoms with Crippen LogP contribution >= 0.6 is 0 Å². The molecule has 5 heteroatoms. The number of esters is 2.